The van der Waals surface area contributed by atoms with Gasteiger partial charge in [-0.05, 0) is 0 Å². The fraction of sp³-hybridized carbons (Fsp3) is 1.00. The fourth-order valence-electron chi connectivity index (χ4n) is 0.575. The lowest BCUT2D eigenvalue weighted by molar-refractivity contribution is 0.204. The van der Waals surface area contributed by atoms with Crippen LogP contribution >= 0.6 is 54.2 Å². The molecule has 0 rings (SSSR count). The second kappa shape index (κ2) is 8.37. The minimum absolute atomic E-state index is 0.0661. The van der Waals surface area contributed by atoms with Gasteiger partial charge in [-0.25, -0.2) is 10.1 Å². The Bertz CT molecular complexity index is 199. The number of alkyl halides is 4. The summed E-state index contributed by atoms with van der Waals surface area (Å²) in [6, 6.07) is 0. The van der Waals surface area contributed by atoms with Crippen LogP contribution in [0.1, 0.15) is 12.8 Å². The van der Waals surface area contributed by atoms with E-state index < -0.39 is 17.4 Å². The number of rotatable bonds is 8. The summed E-state index contributed by atoms with van der Waals surface area (Å²) in [5.41, 5.74) is 5.23. The van der Waals surface area contributed by atoms with E-state index in [0.717, 1.165) is 0 Å². The molecule has 0 bridgehead atoms. The third kappa shape index (κ3) is 11.5. The molecule has 0 aromatic rings. The number of hydrogen-bond donors (Lipinski definition) is 1. The van der Waals surface area contributed by atoms with Crippen LogP contribution in [-0.4, -0.2) is 22.9 Å². The quantitative estimate of drug-likeness (QED) is 0.550. The van der Waals surface area contributed by atoms with Gasteiger partial charge in [0.1, 0.15) is 9.67 Å². The minimum atomic E-state index is -3.54. The van der Waals surface area contributed by atoms with E-state index in [0.29, 0.717) is 12.8 Å². The summed E-state index contributed by atoms with van der Waals surface area (Å²) in [6.07, 6.45) is 0.641. The van der Waals surface area contributed by atoms with Crippen molar-refractivity contribution in [2.24, 2.45) is 5.50 Å². The highest BCUT2D eigenvalue weighted by Crippen LogP contribution is 2.39. The van der Waals surface area contributed by atoms with Gasteiger partial charge in [0, 0.05) is 12.8 Å². The van der Waals surface area contributed by atoms with Gasteiger partial charge in [0.2, 0.25) is 0 Å². The summed E-state index contributed by atoms with van der Waals surface area (Å²) < 4.78 is 20.9. The first kappa shape index (κ1) is 16.3. The normalized spacial score (nSPS) is 12.7. The molecule has 0 unspecified atom stereocenters. The van der Waals surface area contributed by atoms with Crippen LogP contribution in [0.15, 0.2) is 0 Å². The Labute approximate surface area is 109 Å². The summed E-state index contributed by atoms with van der Waals surface area (Å²) in [4.78, 5) is -1.17. The van der Waals surface area contributed by atoms with Crippen molar-refractivity contribution in [3.8, 4) is 0 Å². The molecule has 0 atom stereocenters. The highest BCUT2D eigenvalue weighted by atomic mass is 35.5. The number of hydrogen-bond acceptors (Lipinski definition) is 3. The zero-order valence-corrected chi connectivity index (χ0v) is 11.7. The maximum atomic E-state index is 11.3. The van der Waals surface area contributed by atoms with E-state index >= 15 is 0 Å². The Kier molecular flexibility index (Phi) is 9.08. The van der Waals surface area contributed by atoms with Crippen molar-refractivity contribution in [2.75, 3.05) is 13.2 Å². The molecule has 0 aliphatic rings. The Balaban J connectivity index is 3.63. The highest BCUT2D eigenvalue weighted by Gasteiger charge is 2.18. The molecule has 0 amide bonds. The lowest BCUT2D eigenvalue weighted by Gasteiger charge is -2.13. The van der Waals surface area contributed by atoms with E-state index in [1.165, 1.54) is 0 Å². The predicted molar refractivity (Wildman–Crippen MR) is 63.9 cm³/mol. The molecule has 0 heterocycles. The first-order valence-corrected chi connectivity index (χ1v) is 7.43. The lowest BCUT2D eigenvalue weighted by atomic mass is 10.5. The fourth-order valence-corrected chi connectivity index (χ4v) is 1.73. The molecule has 0 radical (unpaired) electrons. The van der Waals surface area contributed by atoms with Gasteiger partial charge in [0.05, 0.1) is 13.2 Å². The van der Waals surface area contributed by atoms with Gasteiger partial charge in [-0.1, -0.05) is 0 Å². The molecule has 0 saturated heterocycles. The van der Waals surface area contributed by atoms with Crippen LogP contribution in [0, 0.1) is 0 Å². The monoisotopic (exact) mass is 317 g/mol. The van der Waals surface area contributed by atoms with Gasteiger partial charge >= 0.3 is 7.75 Å². The maximum Gasteiger partial charge on any atom is 0.402 e. The van der Waals surface area contributed by atoms with Crippen LogP contribution in [0.25, 0.3) is 0 Å². The molecule has 92 valence electrons. The zero-order valence-electron chi connectivity index (χ0n) is 7.74. The van der Waals surface area contributed by atoms with E-state index in [-0.39, 0.29) is 13.2 Å². The molecule has 15 heavy (non-hydrogen) atoms. The maximum absolute atomic E-state index is 11.3. The van der Waals surface area contributed by atoms with Gasteiger partial charge in [-0.2, -0.15) is 0 Å². The average molecular weight is 319 g/mol. The van der Waals surface area contributed by atoms with Gasteiger partial charge in [-0.3, -0.25) is 9.05 Å². The molecule has 2 N–H and O–H groups in total. The van der Waals surface area contributed by atoms with Crippen LogP contribution < -0.4 is 5.50 Å². The molecule has 4 nitrogen and oxygen atoms in total. The molecular formula is C6H12Cl4NO3P. The van der Waals surface area contributed by atoms with E-state index in [1.807, 2.05) is 0 Å². The Morgan fingerprint density at radius 3 is 1.60 bits per heavy atom. The van der Waals surface area contributed by atoms with Crippen LogP contribution in [0.4, 0.5) is 0 Å². The van der Waals surface area contributed by atoms with E-state index in [4.69, 9.17) is 61.0 Å². The van der Waals surface area contributed by atoms with Crippen molar-refractivity contribution >= 4 is 54.2 Å². The summed E-state index contributed by atoms with van der Waals surface area (Å²) in [6.45, 7) is 0.132. The number of nitrogens with two attached hydrogens (primary N) is 1. The van der Waals surface area contributed by atoms with Crippen molar-refractivity contribution in [1.29, 1.82) is 0 Å². The second-order valence-corrected chi connectivity index (χ2v) is 6.72. The van der Waals surface area contributed by atoms with Crippen molar-refractivity contribution in [3.05, 3.63) is 0 Å². The molecule has 0 saturated carbocycles. The Morgan fingerprint density at radius 1 is 1.00 bits per heavy atom. The SMILES string of the molecule is NP(=O)(OCCC(Cl)Cl)OCCC(Cl)Cl. The smallest absolute Gasteiger partial charge is 0.297 e. The lowest BCUT2D eigenvalue weighted by Crippen LogP contribution is -2.08. The van der Waals surface area contributed by atoms with Gasteiger partial charge in [0.15, 0.2) is 0 Å². The van der Waals surface area contributed by atoms with Crippen LogP contribution in [0.5, 0.6) is 0 Å². The third-order valence-electron chi connectivity index (χ3n) is 1.21. The van der Waals surface area contributed by atoms with Crippen molar-refractivity contribution in [3.63, 3.8) is 0 Å². The molecule has 0 aromatic heterocycles. The first-order valence-electron chi connectivity index (χ1n) is 4.07. The van der Waals surface area contributed by atoms with E-state index in [2.05, 4.69) is 0 Å². The van der Waals surface area contributed by atoms with Crippen molar-refractivity contribution in [2.45, 2.75) is 22.5 Å². The summed E-state index contributed by atoms with van der Waals surface area (Å²) in [5, 5.41) is 0. The highest BCUT2D eigenvalue weighted by molar-refractivity contribution is 7.51. The van der Waals surface area contributed by atoms with Gasteiger partial charge in [-0.15, -0.1) is 46.4 Å². The van der Waals surface area contributed by atoms with E-state index in [9.17, 15) is 4.57 Å². The molecule has 9 heteroatoms. The van der Waals surface area contributed by atoms with Crippen LogP contribution in [0.3, 0.4) is 0 Å². The predicted octanol–water partition coefficient (Wildman–Crippen LogP) is 3.47. The molecule has 0 aliphatic carbocycles. The second-order valence-electron chi connectivity index (χ2n) is 2.57. The van der Waals surface area contributed by atoms with Crippen molar-refractivity contribution < 1.29 is 13.6 Å². The Morgan fingerprint density at radius 2 is 1.33 bits per heavy atom. The zero-order chi connectivity index (χ0) is 11.9. The standard InChI is InChI=1S/C6H12Cl4NO3P/c7-5(8)1-3-13-15(11,12)14-4-2-6(9)10/h5-6H,1-4H2,(H2,11,12). The third-order valence-corrected chi connectivity index (χ3v) is 3.17. The van der Waals surface area contributed by atoms with Crippen molar-refractivity contribution in [1.82, 2.24) is 0 Å². The van der Waals surface area contributed by atoms with E-state index in [1.54, 1.807) is 0 Å². The summed E-state index contributed by atoms with van der Waals surface area (Å²) >= 11 is 21.7. The van der Waals surface area contributed by atoms with Gasteiger partial charge < -0.3 is 0 Å². The molecule has 0 aromatic carbocycles. The molecule has 0 fully saturated rings. The summed E-state index contributed by atoms with van der Waals surface area (Å²) in [5.74, 6) is 0. The van der Waals surface area contributed by atoms with Gasteiger partial charge in [0.25, 0.3) is 0 Å². The molecular weight excluding hydrogens is 307 g/mol. The molecule has 0 aliphatic heterocycles. The molecule has 0 spiro atoms. The van der Waals surface area contributed by atoms with Crippen LogP contribution in [-0.2, 0) is 13.6 Å². The number of halogens is 4. The summed E-state index contributed by atoms with van der Waals surface area (Å²) in [7, 11) is -3.54. The van der Waals surface area contributed by atoms with Crippen LogP contribution in [0.2, 0.25) is 0 Å². The topological polar surface area (TPSA) is 61.6 Å². The first-order chi connectivity index (χ1) is 6.83. The minimum Gasteiger partial charge on any atom is -0.297 e. The Hall–Kier alpha value is 1.27. The average Bonchev–Trinajstić information content (AvgIpc) is 2.01. The largest absolute Gasteiger partial charge is 0.402 e.